The van der Waals surface area contributed by atoms with E-state index in [0.717, 1.165) is 33.8 Å². The maximum atomic E-state index is 5.30. The van der Waals surface area contributed by atoms with Crippen molar-refractivity contribution in [3.05, 3.63) is 59.4 Å². The molecule has 0 aliphatic carbocycles. The molecule has 1 heterocycles. The van der Waals surface area contributed by atoms with Gasteiger partial charge in [0.2, 0.25) is 0 Å². The van der Waals surface area contributed by atoms with Crippen molar-refractivity contribution in [2.24, 2.45) is 5.10 Å². The summed E-state index contributed by atoms with van der Waals surface area (Å²) in [6.07, 6.45) is 0. The van der Waals surface area contributed by atoms with Gasteiger partial charge in [0, 0.05) is 5.69 Å². The van der Waals surface area contributed by atoms with Gasteiger partial charge in [0.05, 0.1) is 11.0 Å². The smallest absolute Gasteiger partial charge is 0.191 e. The second-order valence-corrected chi connectivity index (χ2v) is 6.09. The van der Waals surface area contributed by atoms with Crippen molar-refractivity contribution < 1.29 is 0 Å². The molecule has 0 atom stereocenters. The van der Waals surface area contributed by atoms with Crippen LogP contribution in [0, 0.1) is 13.8 Å². The highest BCUT2D eigenvalue weighted by molar-refractivity contribution is 7.80. The summed E-state index contributed by atoms with van der Waals surface area (Å²) in [5, 5.41) is 7.90. The van der Waals surface area contributed by atoms with Crippen LogP contribution in [0.25, 0.3) is 11.0 Å². The second-order valence-electron chi connectivity index (χ2n) is 5.68. The van der Waals surface area contributed by atoms with E-state index in [0.29, 0.717) is 5.11 Å². The number of thiocarbonyl (C=S) groups is 1. The number of hydrazone groups is 1. The number of para-hydroxylation sites is 2. The zero-order chi connectivity index (χ0) is 17.1. The van der Waals surface area contributed by atoms with Crippen LogP contribution < -0.4 is 10.7 Å². The Morgan fingerprint density at radius 2 is 1.96 bits per heavy atom. The zero-order valence-electron chi connectivity index (χ0n) is 13.8. The highest BCUT2D eigenvalue weighted by atomic mass is 32.1. The van der Waals surface area contributed by atoms with Crippen molar-refractivity contribution in [2.45, 2.75) is 20.8 Å². The Hall–Kier alpha value is -2.73. The van der Waals surface area contributed by atoms with Crippen LogP contribution in [0.3, 0.4) is 0 Å². The van der Waals surface area contributed by atoms with Crippen molar-refractivity contribution in [1.82, 2.24) is 15.4 Å². The summed E-state index contributed by atoms with van der Waals surface area (Å²) in [6.45, 7) is 5.99. The third kappa shape index (κ3) is 3.60. The summed E-state index contributed by atoms with van der Waals surface area (Å²) in [6, 6.07) is 14.0. The Morgan fingerprint density at radius 3 is 2.71 bits per heavy atom. The van der Waals surface area contributed by atoms with Crippen molar-refractivity contribution >= 4 is 39.8 Å². The Morgan fingerprint density at radius 1 is 1.17 bits per heavy atom. The molecular formula is C18H19N5S. The van der Waals surface area contributed by atoms with Gasteiger partial charge in [0.25, 0.3) is 0 Å². The van der Waals surface area contributed by atoms with E-state index in [4.69, 9.17) is 12.2 Å². The van der Waals surface area contributed by atoms with Crippen molar-refractivity contribution in [3.63, 3.8) is 0 Å². The minimum atomic E-state index is 0.442. The summed E-state index contributed by atoms with van der Waals surface area (Å²) in [7, 11) is 0. The molecule has 24 heavy (non-hydrogen) atoms. The van der Waals surface area contributed by atoms with E-state index >= 15 is 0 Å². The molecule has 0 aliphatic rings. The normalized spacial score (nSPS) is 11.5. The van der Waals surface area contributed by atoms with Crippen LogP contribution in [0.5, 0.6) is 0 Å². The average molecular weight is 337 g/mol. The minimum absolute atomic E-state index is 0.442. The molecule has 3 N–H and O–H groups in total. The topological polar surface area (TPSA) is 65.1 Å². The maximum absolute atomic E-state index is 5.30. The van der Waals surface area contributed by atoms with E-state index in [1.54, 1.807) is 0 Å². The highest BCUT2D eigenvalue weighted by Crippen LogP contribution is 2.15. The van der Waals surface area contributed by atoms with E-state index in [1.165, 1.54) is 5.56 Å². The van der Waals surface area contributed by atoms with Crippen LogP contribution in [0.1, 0.15) is 23.9 Å². The number of rotatable bonds is 3. The monoisotopic (exact) mass is 337 g/mol. The fourth-order valence-corrected chi connectivity index (χ4v) is 2.57. The third-order valence-electron chi connectivity index (χ3n) is 3.69. The van der Waals surface area contributed by atoms with Gasteiger partial charge in [-0.3, -0.25) is 5.43 Å². The number of aromatic amines is 1. The zero-order valence-corrected chi connectivity index (χ0v) is 14.7. The van der Waals surface area contributed by atoms with Gasteiger partial charge in [-0.25, -0.2) is 4.98 Å². The summed E-state index contributed by atoms with van der Waals surface area (Å²) in [5.41, 5.74) is 8.82. The van der Waals surface area contributed by atoms with Crippen LogP contribution in [-0.2, 0) is 0 Å². The second kappa shape index (κ2) is 6.80. The van der Waals surface area contributed by atoms with Gasteiger partial charge < -0.3 is 10.3 Å². The Kier molecular flexibility index (Phi) is 4.57. The number of nitrogens with zero attached hydrogens (tertiary/aromatic N) is 2. The van der Waals surface area contributed by atoms with Gasteiger partial charge in [-0.2, -0.15) is 5.10 Å². The lowest BCUT2D eigenvalue weighted by molar-refractivity contribution is 1.03. The molecule has 0 amide bonds. The molecule has 6 heteroatoms. The number of aromatic nitrogens is 2. The van der Waals surface area contributed by atoms with E-state index in [1.807, 2.05) is 50.2 Å². The summed E-state index contributed by atoms with van der Waals surface area (Å²) < 4.78 is 0. The predicted octanol–water partition coefficient (Wildman–Crippen LogP) is 3.89. The SMILES string of the molecule is C/C(=N\NC(=S)Nc1ccc(C)cc1C)c1nc2ccccc2[nH]1. The molecule has 0 radical (unpaired) electrons. The molecule has 3 rings (SSSR count). The molecule has 0 aliphatic heterocycles. The Bertz CT molecular complexity index is 893. The van der Waals surface area contributed by atoms with Gasteiger partial charge in [-0.15, -0.1) is 0 Å². The van der Waals surface area contributed by atoms with E-state index in [-0.39, 0.29) is 0 Å². The molecule has 0 saturated heterocycles. The molecule has 0 spiro atoms. The largest absolute Gasteiger partial charge is 0.337 e. The highest BCUT2D eigenvalue weighted by Gasteiger charge is 2.06. The van der Waals surface area contributed by atoms with Crippen molar-refractivity contribution in [3.8, 4) is 0 Å². The first-order valence-corrected chi connectivity index (χ1v) is 8.07. The molecule has 5 nitrogen and oxygen atoms in total. The van der Waals surface area contributed by atoms with Gasteiger partial charge in [0.15, 0.2) is 10.9 Å². The number of nitrogens with one attached hydrogen (secondary N) is 3. The number of imidazole rings is 1. The lowest BCUT2D eigenvalue weighted by Crippen LogP contribution is -2.25. The molecule has 0 bridgehead atoms. The van der Waals surface area contributed by atoms with E-state index in [2.05, 4.69) is 38.8 Å². The van der Waals surface area contributed by atoms with Crippen LogP contribution in [-0.4, -0.2) is 20.8 Å². The predicted molar refractivity (Wildman–Crippen MR) is 104 cm³/mol. The molecule has 1 aromatic heterocycles. The van der Waals surface area contributed by atoms with Gasteiger partial charge in [-0.1, -0.05) is 29.8 Å². The number of benzene rings is 2. The fraction of sp³-hybridized carbons (Fsp3) is 0.167. The lowest BCUT2D eigenvalue weighted by atomic mass is 10.1. The van der Waals surface area contributed by atoms with Crippen molar-refractivity contribution in [2.75, 3.05) is 5.32 Å². The lowest BCUT2D eigenvalue weighted by Gasteiger charge is -2.10. The molecule has 3 aromatic rings. The number of aryl methyl sites for hydroxylation is 2. The molecule has 0 saturated carbocycles. The van der Waals surface area contributed by atoms with Crippen LogP contribution in [0.2, 0.25) is 0 Å². The minimum Gasteiger partial charge on any atom is -0.337 e. The average Bonchev–Trinajstić information content (AvgIpc) is 2.99. The summed E-state index contributed by atoms with van der Waals surface area (Å²) >= 11 is 5.30. The third-order valence-corrected chi connectivity index (χ3v) is 3.88. The van der Waals surface area contributed by atoms with Gasteiger partial charge in [0.1, 0.15) is 5.71 Å². The molecule has 0 unspecified atom stereocenters. The van der Waals surface area contributed by atoms with Gasteiger partial charge in [-0.05, 0) is 56.8 Å². The van der Waals surface area contributed by atoms with Crippen LogP contribution in [0.15, 0.2) is 47.6 Å². The van der Waals surface area contributed by atoms with Crippen LogP contribution >= 0.6 is 12.2 Å². The standard InChI is InChI=1S/C18H19N5S/c1-11-8-9-14(12(2)10-11)21-18(24)23-22-13(3)17-19-15-6-4-5-7-16(15)20-17/h4-10H,1-3H3,(H,19,20)(H2,21,23,24)/b22-13+. The first-order valence-electron chi connectivity index (χ1n) is 7.66. The quantitative estimate of drug-likeness (QED) is 0.385. The van der Waals surface area contributed by atoms with E-state index < -0.39 is 0 Å². The first kappa shape index (κ1) is 16.1. The molecule has 122 valence electrons. The van der Waals surface area contributed by atoms with Gasteiger partial charge >= 0.3 is 0 Å². The van der Waals surface area contributed by atoms with E-state index in [9.17, 15) is 0 Å². The Balaban J connectivity index is 1.68. The Labute approximate surface area is 146 Å². The molecular weight excluding hydrogens is 318 g/mol. The summed E-state index contributed by atoms with van der Waals surface area (Å²) in [5.74, 6) is 0.720. The molecule has 0 fully saturated rings. The number of hydrogen-bond donors (Lipinski definition) is 3. The van der Waals surface area contributed by atoms with Crippen molar-refractivity contribution in [1.29, 1.82) is 0 Å². The summed E-state index contributed by atoms with van der Waals surface area (Å²) in [4.78, 5) is 7.75. The number of H-pyrrole nitrogens is 1. The van der Waals surface area contributed by atoms with Crippen LogP contribution in [0.4, 0.5) is 5.69 Å². The maximum Gasteiger partial charge on any atom is 0.191 e. The first-order chi connectivity index (χ1) is 11.5. The number of hydrogen-bond acceptors (Lipinski definition) is 3. The number of anilines is 1. The fourth-order valence-electron chi connectivity index (χ4n) is 2.42. The number of fused-ring (bicyclic) bond motifs is 1. The molecule has 2 aromatic carbocycles.